The predicted octanol–water partition coefficient (Wildman–Crippen LogP) is 3.32. The normalized spacial score (nSPS) is 29.2. The molecule has 3 N–H and O–H groups in total. The van der Waals surface area contributed by atoms with Crippen LogP contribution in [-0.4, -0.2) is 65.7 Å². The summed E-state index contributed by atoms with van der Waals surface area (Å²) in [6.45, 7) is -0.663. The smallest absolute Gasteiger partial charge is 0.250 e. The van der Waals surface area contributed by atoms with Crippen molar-refractivity contribution in [2.24, 2.45) is 17.3 Å². The van der Waals surface area contributed by atoms with Gasteiger partial charge in [0.25, 0.3) is 5.91 Å². The number of hydrogen-bond acceptors (Lipinski definition) is 7. The predicted molar refractivity (Wildman–Crippen MR) is 141 cm³/mol. The fourth-order valence-corrected chi connectivity index (χ4v) is 8.00. The fraction of sp³-hybridized carbons (Fsp3) is 0.400. The number of hydrogen-bond donors (Lipinski definition) is 3. The molecule has 4 heterocycles. The molecule has 0 aliphatic carbocycles. The zero-order valence-corrected chi connectivity index (χ0v) is 22.8. The molecule has 2 aromatic rings. The Labute approximate surface area is 237 Å². The zero-order valence-electron chi connectivity index (χ0n) is 19.8. The summed E-state index contributed by atoms with van der Waals surface area (Å²) in [6, 6.07) is 5.23. The van der Waals surface area contributed by atoms with Crippen LogP contribution in [0.15, 0.2) is 24.3 Å². The number of fused-ring (bicyclic) bond motifs is 7. The van der Waals surface area contributed by atoms with Crippen LogP contribution in [0.5, 0.6) is 5.75 Å². The lowest BCUT2D eigenvalue weighted by atomic mass is 9.73. The molecule has 4 unspecified atom stereocenters. The van der Waals surface area contributed by atoms with Gasteiger partial charge in [-0.3, -0.25) is 19.3 Å². The average Bonchev–Trinajstić information content (AvgIpc) is 3.53. The Morgan fingerprint density at radius 2 is 1.66 bits per heavy atom. The maximum atomic E-state index is 14.2. The van der Waals surface area contributed by atoms with Crippen molar-refractivity contribution in [3.63, 3.8) is 0 Å². The molecular weight excluding hydrogens is 580 g/mol. The summed E-state index contributed by atoms with van der Waals surface area (Å²) in [5.41, 5.74) is -1.81. The molecule has 200 valence electrons. The van der Waals surface area contributed by atoms with Gasteiger partial charge in [0.05, 0.1) is 58.6 Å². The number of aliphatic hydroxyl groups excluding tert-OH is 2. The van der Waals surface area contributed by atoms with E-state index in [9.17, 15) is 24.6 Å². The molecule has 4 aliphatic heterocycles. The van der Waals surface area contributed by atoms with Gasteiger partial charge in [-0.2, -0.15) is 0 Å². The van der Waals surface area contributed by atoms with Crippen molar-refractivity contribution in [1.82, 2.24) is 4.90 Å². The van der Waals surface area contributed by atoms with Crippen LogP contribution < -0.4 is 15.0 Å². The third kappa shape index (κ3) is 3.15. The molecule has 4 atom stereocenters. The summed E-state index contributed by atoms with van der Waals surface area (Å²) >= 11 is 25.5. The van der Waals surface area contributed by atoms with Gasteiger partial charge in [0.2, 0.25) is 11.8 Å². The number of aliphatic hydroxyl groups is 2. The molecule has 0 aromatic heterocycles. The Hall–Kier alpha value is -2.11. The highest BCUT2D eigenvalue weighted by atomic mass is 35.5. The van der Waals surface area contributed by atoms with Crippen LogP contribution in [0.4, 0.5) is 11.4 Å². The Morgan fingerprint density at radius 1 is 1.00 bits per heavy atom. The number of rotatable bonds is 4. The molecule has 3 amide bonds. The molecule has 1 spiro atoms. The average molecular weight is 601 g/mol. The monoisotopic (exact) mass is 599 g/mol. The van der Waals surface area contributed by atoms with Gasteiger partial charge in [-0.25, -0.2) is 4.90 Å². The summed E-state index contributed by atoms with van der Waals surface area (Å²) in [4.78, 5) is 45.0. The Morgan fingerprint density at radius 3 is 2.26 bits per heavy atom. The number of methoxy groups -OCH3 is 1. The molecule has 4 aliphatic rings. The second-order valence-corrected chi connectivity index (χ2v) is 11.9. The topological polar surface area (TPSA) is 119 Å². The van der Waals surface area contributed by atoms with Crippen molar-refractivity contribution >= 4 is 75.5 Å². The standard InChI is InChI=1S/C25H21Cl4N3O6/c1-38-20-14(28)4-11(5-15(20)29)32-21(35)17-16-6-24(8-33,9-34)7-31(16)25(18(17)22(32)36)12-2-10(26)3-13(27)19(12)30-23(25)37/h2-5,16-18,33-34H,6-9H2,1H3,(H,30,37). The van der Waals surface area contributed by atoms with Crippen LogP contribution in [0.25, 0.3) is 0 Å². The van der Waals surface area contributed by atoms with E-state index in [1.165, 1.54) is 25.3 Å². The number of anilines is 2. The Balaban J connectivity index is 1.57. The highest BCUT2D eigenvalue weighted by Crippen LogP contribution is 2.63. The number of nitrogens with zero attached hydrogens (tertiary/aromatic N) is 2. The van der Waals surface area contributed by atoms with E-state index in [-0.39, 0.29) is 57.7 Å². The molecule has 0 radical (unpaired) electrons. The Kier molecular flexibility index (Phi) is 5.98. The van der Waals surface area contributed by atoms with Crippen molar-refractivity contribution in [1.29, 1.82) is 0 Å². The summed E-state index contributed by atoms with van der Waals surface area (Å²) < 4.78 is 5.19. The van der Waals surface area contributed by atoms with E-state index in [0.717, 1.165) is 4.90 Å². The van der Waals surface area contributed by atoms with Gasteiger partial charge in [0.1, 0.15) is 5.54 Å². The van der Waals surface area contributed by atoms with Gasteiger partial charge < -0.3 is 20.3 Å². The van der Waals surface area contributed by atoms with E-state index in [1.807, 2.05) is 0 Å². The first-order valence-corrected chi connectivity index (χ1v) is 13.3. The molecule has 0 saturated carbocycles. The minimum atomic E-state index is -1.65. The zero-order chi connectivity index (χ0) is 27.3. The molecule has 3 saturated heterocycles. The summed E-state index contributed by atoms with van der Waals surface area (Å²) in [5, 5.41) is 23.9. The van der Waals surface area contributed by atoms with Crippen molar-refractivity contribution in [2.75, 3.05) is 37.1 Å². The summed E-state index contributed by atoms with van der Waals surface area (Å²) in [6.07, 6.45) is 0.191. The van der Waals surface area contributed by atoms with Crippen molar-refractivity contribution < 1.29 is 29.3 Å². The molecule has 0 bridgehead atoms. The number of amides is 3. The van der Waals surface area contributed by atoms with E-state index in [0.29, 0.717) is 11.3 Å². The van der Waals surface area contributed by atoms with Gasteiger partial charge in [-0.15, -0.1) is 0 Å². The van der Waals surface area contributed by atoms with E-state index >= 15 is 0 Å². The van der Waals surface area contributed by atoms with Crippen molar-refractivity contribution in [3.8, 4) is 5.75 Å². The first-order valence-electron chi connectivity index (χ1n) is 11.7. The molecular formula is C25H21Cl4N3O6. The number of benzene rings is 2. The van der Waals surface area contributed by atoms with Crippen LogP contribution >= 0.6 is 46.4 Å². The highest BCUT2D eigenvalue weighted by Gasteiger charge is 2.76. The van der Waals surface area contributed by atoms with Crippen molar-refractivity contribution in [3.05, 3.63) is 49.9 Å². The van der Waals surface area contributed by atoms with Gasteiger partial charge in [0, 0.05) is 28.6 Å². The van der Waals surface area contributed by atoms with E-state index < -0.39 is 46.6 Å². The Bertz CT molecular complexity index is 1410. The molecule has 2 aromatic carbocycles. The SMILES string of the molecule is COc1c(Cl)cc(N2C(=O)C3C4CC(CO)(CO)CN4C4(C(=O)Nc5c(Cl)cc(Cl)cc54)C3C2=O)cc1Cl. The first kappa shape index (κ1) is 26.1. The second kappa shape index (κ2) is 8.69. The number of nitrogens with one attached hydrogen (secondary N) is 1. The van der Waals surface area contributed by atoms with Crippen LogP contribution in [-0.2, 0) is 19.9 Å². The van der Waals surface area contributed by atoms with Crippen LogP contribution in [0, 0.1) is 17.3 Å². The fourth-order valence-electron chi connectivity index (χ4n) is 6.83. The van der Waals surface area contributed by atoms with Crippen LogP contribution in [0.1, 0.15) is 12.0 Å². The number of halogens is 4. The van der Waals surface area contributed by atoms with Crippen molar-refractivity contribution in [2.45, 2.75) is 18.0 Å². The first-order chi connectivity index (χ1) is 18.0. The maximum absolute atomic E-state index is 14.2. The molecule has 13 heteroatoms. The summed E-state index contributed by atoms with van der Waals surface area (Å²) in [7, 11) is 1.39. The van der Waals surface area contributed by atoms with Gasteiger partial charge in [0.15, 0.2) is 5.75 Å². The molecule has 38 heavy (non-hydrogen) atoms. The van der Waals surface area contributed by atoms with Gasteiger partial charge >= 0.3 is 0 Å². The molecule has 3 fully saturated rings. The van der Waals surface area contributed by atoms with Crippen LogP contribution in [0.3, 0.4) is 0 Å². The minimum Gasteiger partial charge on any atom is -0.494 e. The molecule has 9 nitrogen and oxygen atoms in total. The number of ether oxygens (including phenoxy) is 1. The minimum absolute atomic E-state index is 0.0788. The lowest BCUT2D eigenvalue weighted by Gasteiger charge is -2.38. The largest absolute Gasteiger partial charge is 0.494 e. The number of carbonyl (C=O) groups is 3. The third-order valence-corrected chi connectivity index (χ3v) is 9.46. The maximum Gasteiger partial charge on any atom is 0.250 e. The number of imide groups is 1. The van der Waals surface area contributed by atoms with Gasteiger partial charge in [-0.05, 0) is 30.7 Å². The van der Waals surface area contributed by atoms with E-state index in [4.69, 9.17) is 51.1 Å². The third-order valence-electron chi connectivity index (χ3n) is 8.38. The molecule has 6 rings (SSSR count). The van der Waals surface area contributed by atoms with E-state index in [2.05, 4.69) is 5.32 Å². The van der Waals surface area contributed by atoms with Crippen LogP contribution in [0.2, 0.25) is 20.1 Å². The highest BCUT2D eigenvalue weighted by molar-refractivity contribution is 6.39. The lowest BCUT2D eigenvalue weighted by Crippen LogP contribution is -2.55. The quantitative estimate of drug-likeness (QED) is 0.461. The van der Waals surface area contributed by atoms with E-state index in [1.54, 1.807) is 11.0 Å². The second-order valence-electron chi connectivity index (χ2n) is 10.2. The number of carbonyl (C=O) groups excluding carboxylic acids is 3. The summed E-state index contributed by atoms with van der Waals surface area (Å²) in [5.74, 6) is -3.58. The lowest BCUT2D eigenvalue weighted by molar-refractivity contribution is -0.136. The van der Waals surface area contributed by atoms with Gasteiger partial charge in [-0.1, -0.05) is 46.4 Å².